The number of benzene rings is 1. The largest absolute Gasteiger partial charge is 0.394 e. The van der Waals surface area contributed by atoms with Crippen molar-refractivity contribution in [3.63, 3.8) is 0 Å². The number of anilines is 1. The highest BCUT2D eigenvalue weighted by Gasteiger charge is 2.26. The minimum atomic E-state index is -0.577. The Morgan fingerprint density at radius 3 is 2.44 bits per heavy atom. The van der Waals surface area contributed by atoms with Crippen molar-refractivity contribution < 1.29 is 14.6 Å². The van der Waals surface area contributed by atoms with E-state index < -0.39 is 11.4 Å². The van der Waals surface area contributed by atoms with Crippen LogP contribution in [0.15, 0.2) is 18.2 Å². The maximum atomic E-state index is 13.7. The van der Waals surface area contributed by atoms with E-state index in [1.807, 2.05) is 0 Å². The van der Waals surface area contributed by atoms with Crippen molar-refractivity contribution in [2.24, 2.45) is 0 Å². The third-order valence-corrected chi connectivity index (χ3v) is 2.87. The van der Waals surface area contributed by atoms with Crippen LogP contribution in [-0.2, 0) is 6.61 Å². The molecule has 0 aromatic heterocycles. The molecule has 0 amide bonds. The quantitative estimate of drug-likeness (QED) is 0.819. The highest BCUT2D eigenvalue weighted by molar-refractivity contribution is 5.55. The number of aliphatic hydroxyl groups is 2. The molecule has 2 N–H and O–H groups in total. The molecule has 0 aliphatic rings. The molecule has 0 fully saturated rings. The molecule has 0 aliphatic carbocycles. The van der Waals surface area contributed by atoms with E-state index in [1.54, 1.807) is 37.9 Å². The standard InChI is InChI=1S/C12H18FNO2/c1-12(2,8-16)14(3)11-9(7-15)5-4-6-10(11)13/h4-6,15-16H,7-8H2,1-3H3. The molecule has 0 saturated heterocycles. The Morgan fingerprint density at radius 2 is 1.94 bits per heavy atom. The van der Waals surface area contributed by atoms with Gasteiger partial charge in [-0.15, -0.1) is 0 Å². The molecular weight excluding hydrogens is 209 g/mol. The Kier molecular flexibility index (Phi) is 3.88. The first-order valence-electron chi connectivity index (χ1n) is 5.17. The molecule has 1 rings (SSSR count). The second kappa shape index (κ2) is 4.80. The minimum Gasteiger partial charge on any atom is -0.394 e. The molecule has 0 radical (unpaired) electrons. The fourth-order valence-corrected chi connectivity index (χ4v) is 1.47. The molecule has 0 saturated carbocycles. The molecule has 0 spiro atoms. The average Bonchev–Trinajstić information content (AvgIpc) is 2.27. The van der Waals surface area contributed by atoms with Gasteiger partial charge in [0.1, 0.15) is 5.82 Å². The first-order valence-corrected chi connectivity index (χ1v) is 5.17. The zero-order valence-electron chi connectivity index (χ0n) is 9.87. The molecule has 0 heterocycles. The summed E-state index contributed by atoms with van der Waals surface area (Å²) in [6.45, 7) is 3.29. The zero-order valence-corrected chi connectivity index (χ0v) is 9.87. The van der Waals surface area contributed by atoms with Gasteiger partial charge >= 0.3 is 0 Å². The maximum absolute atomic E-state index is 13.7. The summed E-state index contributed by atoms with van der Waals surface area (Å²) < 4.78 is 13.7. The van der Waals surface area contributed by atoms with Gasteiger partial charge in [0.15, 0.2) is 0 Å². The molecule has 0 unspecified atom stereocenters. The highest BCUT2D eigenvalue weighted by Crippen LogP contribution is 2.28. The summed E-state index contributed by atoms with van der Waals surface area (Å²) in [6, 6.07) is 4.57. The van der Waals surface area contributed by atoms with Gasteiger partial charge in [-0.05, 0) is 19.9 Å². The number of likely N-dealkylation sites (N-methyl/N-ethyl adjacent to an activating group) is 1. The van der Waals surface area contributed by atoms with E-state index in [1.165, 1.54) is 6.07 Å². The Balaban J connectivity index is 3.21. The fourth-order valence-electron chi connectivity index (χ4n) is 1.47. The molecule has 1 aromatic rings. The van der Waals surface area contributed by atoms with Gasteiger partial charge in [-0.3, -0.25) is 0 Å². The second-order valence-corrected chi connectivity index (χ2v) is 4.44. The summed E-state index contributed by atoms with van der Waals surface area (Å²) in [6.07, 6.45) is 0. The average molecular weight is 227 g/mol. The van der Waals surface area contributed by atoms with Gasteiger partial charge in [-0.25, -0.2) is 4.39 Å². The monoisotopic (exact) mass is 227 g/mol. The number of para-hydroxylation sites is 1. The molecule has 3 nitrogen and oxygen atoms in total. The van der Waals surface area contributed by atoms with E-state index in [0.29, 0.717) is 11.3 Å². The molecule has 4 heteroatoms. The first-order chi connectivity index (χ1) is 7.44. The van der Waals surface area contributed by atoms with Crippen LogP contribution in [0.3, 0.4) is 0 Å². The normalized spacial score (nSPS) is 11.6. The van der Waals surface area contributed by atoms with Crippen molar-refractivity contribution >= 4 is 5.69 Å². The van der Waals surface area contributed by atoms with Crippen molar-refractivity contribution in [1.82, 2.24) is 0 Å². The number of hydrogen-bond donors (Lipinski definition) is 2. The summed E-state index contributed by atoms with van der Waals surface area (Å²) in [5, 5.41) is 18.4. The number of nitrogens with zero attached hydrogens (tertiary/aromatic N) is 1. The van der Waals surface area contributed by atoms with E-state index in [9.17, 15) is 14.6 Å². The van der Waals surface area contributed by atoms with Crippen LogP contribution in [0.2, 0.25) is 0 Å². The Morgan fingerprint density at radius 1 is 1.31 bits per heavy atom. The molecular formula is C12H18FNO2. The van der Waals surface area contributed by atoms with Gasteiger partial charge in [0.05, 0.1) is 24.4 Å². The third kappa shape index (κ3) is 2.33. The van der Waals surface area contributed by atoms with Crippen LogP contribution in [-0.4, -0.2) is 29.4 Å². The van der Waals surface area contributed by atoms with Gasteiger partial charge in [-0.1, -0.05) is 12.1 Å². The molecule has 1 aromatic carbocycles. The van der Waals surface area contributed by atoms with Crippen molar-refractivity contribution in [2.75, 3.05) is 18.6 Å². The van der Waals surface area contributed by atoms with Crippen LogP contribution >= 0.6 is 0 Å². The fraction of sp³-hybridized carbons (Fsp3) is 0.500. The van der Waals surface area contributed by atoms with Crippen LogP contribution in [0.25, 0.3) is 0 Å². The lowest BCUT2D eigenvalue weighted by Gasteiger charge is -2.37. The van der Waals surface area contributed by atoms with Crippen LogP contribution in [0.1, 0.15) is 19.4 Å². The van der Waals surface area contributed by atoms with Crippen LogP contribution in [0.5, 0.6) is 0 Å². The molecule has 0 aliphatic heterocycles. The topological polar surface area (TPSA) is 43.7 Å². The smallest absolute Gasteiger partial charge is 0.146 e. The highest BCUT2D eigenvalue weighted by atomic mass is 19.1. The number of hydrogen-bond acceptors (Lipinski definition) is 3. The lowest BCUT2D eigenvalue weighted by Crippen LogP contribution is -2.45. The van der Waals surface area contributed by atoms with Gasteiger partial charge in [0.25, 0.3) is 0 Å². The van der Waals surface area contributed by atoms with Gasteiger partial charge in [-0.2, -0.15) is 0 Å². The van der Waals surface area contributed by atoms with Crippen molar-refractivity contribution in [1.29, 1.82) is 0 Å². The summed E-state index contributed by atoms with van der Waals surface area (Å²) in [7, 11) is 1.70. The summed E-state index contributed by atoms with van der Waals surface area (Å²) >= 11 is 0. The van der Waals surface area contributed by atoms with Crippen molar-refractivity contribution in [2.45, 2.75) is 26.0 Å². The Hall–Kier alpha value is -1.13. The SMILES string of the molecule is CN(c1c(F)cccc1CO)C(C)(C)CO. The van der Waals surface area contributed by atoms with E-state index in [2.05, 4.69) is 0 Å². The van der Waals surface area contributed by atoms with E-state index >= 15 is 0 Å². The number of halogens is 1. The first kappa shape index (κ1) is 12.9. The van der Waals surface area contributed by atoms with Crippen molar-refractivity contribution in [3.8, 4) is 0 Å². The molecule has 16 heavy (non-hydrogen) atoms. The Bertz CT molecular complexity index is 366. The van der Waals surface area contributed by atoms with Gasteiger partial charge < -0.3 is 15.1 Å². The van der Waals surface area contributed by atoms with Crippen LogP contribution in [0.4, 0.5) is 10.1 Å². The third-order valence-electron chi connectivity index (χ3n) is 2.87. The Labute approximate surface area is 95.1 Å². The van der Waals surface area contributed by atoms with Crippen LogP contribution < -0.4 is 4.90 Å². The van der Waals surface area contributed by atoms with E-state index in [4.69, 9.17) is 0 Å². The summed E-state index contributed by atoms with van der Waals surface area (Å²) in [5.74, 6) is -0.393. The van der Waals surface area contributed by atoms with Crippen LogP contribution in [0, 0.1) is 5.82 Å². The lowest BCUT2D eigenvalue weighted by molar-refractivity contribution is 0.214. The van der Waals surface area contributed by atoms with Crippen molar-refractivity contribution in [3.05, 3.63) is 29.6 Å². The second-order valence-electron chi connectivity index (χ2n) is 4.44. The number of rotatable bonds is 4. The summed E-state index contributed by atoms with van der Waals surface area (Å²) in [4.78, 5) is 1.65. The predicted octanol–water partition coefficient (Wildman–Crippen LogP) is 1.53. The summed E-state index contributed by atoms with van der Waals surface area (Å²) in [5.41, 5.74) is 0.277. The minimum absolute atomic E-state index is 0.0945. The predicted molar refractivity (Wildman–Crippen MR) is 61.9 cm³/mol. The lowest BCUT2D eigenvalue weighted by atomic mass is 10.0. The van der Waals surface area contributed by atoms with Gasteiger partial charge in [0.2, 0.25) is 0 Å². The maximum Gasteiger partial charge on any atom is 0.146 e. The molecule has 90 valence electrons. The van der Waals surface area contributed by atoms with Gasteiger partial charge in [0, 0.05) is 12.6 Å². The molecule has 0 bridgehead atoms. The van der Waals surface area contributed by atoms with E-state index in [0.717, 1.165) is 0 Å². The number of aliphatic hydroxyl groups excluding tert-OH is 2. The zero-order chi connectivity index (χ0) is 12.3. The molecule has 0 atom stereocenters. The van der Waals surface area contributed by atoms with E-state index in [-0.39, 0.29) is 13.2 Å².